The maximum Gasteiger partial charge on any atom is 0.422 e. The van der Waals surface area contributed by atoms with Gasteiger partial charge >= 0.3 is 6.18 Å². The number of aromatic nitrogens is 1. The van der Waals surface area contributed by atoms with E-state index in [1.165, 1.54) is 0 Å². The lowest BCUT2D eigenvalue weighted by atomic mass is 10.1. The number of aryl methyl sites for hydroxylation is 2. The molecular formula is C11H11F3N2OS. The number of pyridine rings is 1. The summed E-state index contributed by atoms with van der Waals surface area (Å²) >= 11 is 4.80. The van der Waals surface area contributed by atoms with Gasteiger partial charge in [0.25, 0.3) is 0 Å². The molecule has 0 aliphatic heterocycles. The molecule has 0 saturated heterocycles. The molecule has 2 N–H and O–H groups in total. The number of rotatable bonds is 3. The molecule has 1 aliphatic carbocycles. The number of thiocarbonyl (C=S) groups is 1. The van der Waals surface area contributed by atoms with Crippen molar-refractivity contribution in [2.24, 2.45) is 5.73 Å². The van der Waals surface area contributed by atoms with Gasteiger partial charge in [0.15, 0.2) is 6.61 Å². The highest BCUT2D eigenvalue weighted by Gasteiger charge is 2.30. The van der Waals surface area contributed by atoms with Crippen molar-refractivity contribution in [2.45, 2.75) is 25.4 Å². The molecule has 1 aromatic rings. The normalized spacial score (nSPS) is 14.4. The van der Waals surface area contributed by atoms with Crippen LogP contribution in [0, 0.1) is 0 Å². The quantitative estimate of drug-likeness (QED) is 0.859. The molecule has 3 nitrogen and oxygen atoms in total. The van der Waals surface area contributed by atoms with Crippen LogP contribution in [0.3, 0.4) is 0 Å². The van der Waals surface area contributed by atoms with Crippen molar-refractivity contribution in [3.8, 4) is 5.88 Å². The van der Waals surface area contributed by atoms with Gasteiger partial charge in [-0.25, -0.2) is 4.98 Å². The molecule has 1 heterocycles. The Balaban J connectivity index is 2.30. The highest BCUT2D eigenvalue weighted by Crippen LogP contribution is 2.27. The summed E-state index contributed by atoms with van der Waals surface area (Å²) in [5, 5.41) is 0. The Morgan fingerprint density at radius 2 is 2.17 bits per heavy atom. The molecule has 0 amide bonds. The van der Waals surface area contributed by atoms with Crippen LogP contribution in [0.2, 0.25) is 0 Å². The molecule has 1 aliphatic rings. The number of nitrogens with zero attached hydrogens (tertiary/aromatic N) is 1. The predicted molar refractivity (Wildman–Crippen MR) is 63.7 cm³/mol. The zero-order chi connectivity index (χ0) is 13.3. The molecule has 0 bridgehead atoms. The van der Waals surface area contributed by atoms with Crippen LogP contribution < -0.4 is 10.5 Å². The van der Waals surface area contributed by atoms with E-state index in [2.05, 4.69) is 9.72 Å². The van der Waals surface area contributed by atoms with Gasteiger partial charge < -0.3 is 10.5 Å². The Labute approximate surface area is 107 Å². The van der Waals surface area contributed by atoms with Crippen LogP contribution in [0.4, 0.5) is 13.2 Å². The van der Waals surface area contributed by atoms with Crippen molar-refractivity contribution in [3.05, 3.63) is 22.9 Å². The van der Waals surface area contributed by atoms with Crippen LogP contribution in [0.1, 0.15) is 23.2 Å². The van der Waals surface area contributed by atoms with E-state index in [1.807, 2.05) is 0 Å². The summed E-state index contributed by atoms with van der Waals surface area (Å²) in [5.74, 6) is -0.125. The smallest absolute Gasteiger partial charge is 0.422 e. The highest BCUT2D eigenvalue weighted by atomic mass is 32.1. The van der Waals surface area contributed by atoms with Gasteiger partial charge in [-0.05, 0) is 30.9 Å². The van der Waals surface area contributed by atoms with Crippen LogP contribution in [0.15, 0.2) is 6.07 Å². The number of nitrogens with two attached hydrogens (primary N) is 1. The van der Waals surface area contributed by atoms with Crippen LogP contribution in [0.25, 0.3) is 0 Å². The van der Waals surface area contributed by atoms with E-state index in [4.69, 9.17) is 18.0 Å². The first-order valence-corrected chi connectivity index (χ1v) is 5.80. The summed E-state index contributed by atoms with van der Waals surface area (Å²) < 4.78 is 41.1. The van der Waals surface area contributed by atoms with Gasteiger partial charge in [-0.3, -0.25) is 0 Å². The molecule has 2 rings (SSSR count). The lowest BCUT2D eigenvalue weighted by molar-refractivity contribution is -0.154. The fraction of sp³-hybridized carbons (Fsp3) is 0.455. The third-order valence-corrected chi connectivity index (χ3v) is 2.87. The topological polar surface area (TPSA) is 48.1 Å². The number of fused-ring (bicyclic) bond motifs is 1. The predicted octanol–water partition coefficient (Wildman–Crippen LogP) is 2.15. The van der Waals surface area contributed by atoms with E-state index in [-0.39, 0.29) is 16.4 Å². The minimum Gasteiger partial charge on any atom is -0.467 e. The van der Waals surface area contributed by atoms with Crippen LogP contribution >= 0.6 is 12.2 Å². The van der Waals surface area contributed by atoms with E-state index in [9.17, 15) is 13.2 Å². The zero-order valence-corrected chi connectivity index (χ0v) is 10.2. The first-order chi connectivity index (χ1) is 8.37. The summed E-state index contributed by atoms with van der Waals surface area (Å²) in [6.45, 7) is -1.39. The van der Waals surface area contributed by atoms with Crippen molar-refractivity contribution >= 4 is 17.2 Å². The summed E-state index contributed by atoms with van der Waals surface area (Å²) in [6, 6.07) is 1.68. The molecule has 0 spiro atoms. The lowest BCUT2D eigenvalue weighted by Crippen LogP contribution is -2.22. The molecule has 0 atom stereocenters. The zero-order valence-electron chi connectivity index (χ0n) is 9.38. The van der Waals surface area contributed by atoms with Gasteiger partial charge in [-0.2, -0.15) is 13.2 Å². The molecule has 0 unspecified atom stereocenters. The largest absolute Gasteiger partial charge is 0.467 e. The summed E-state index contributed by atoms with van der Waals surface area (Å²) in [6.07, 6.45) is -1.89. The van der Waals surface area contributed by atoms with Crippen molar-refractivity contribution in [1.29, 1.82) is 0 Å². The Kier molecular flexibility index (Phi) is 3.43. The minimum atomic E-state index is -4.41. The maximum atomic E-state index is 12.1. The monoisotopic (exact) mass is 276 g/mol. The molecule has 0 aromatic carbocycles. The van der Waals surface area contributed by atoms with Crippen LogP contribution in [0.5, 0.6) is 5.88 Å². The number of ether oxygens (including phenoxy) is 1. The van der Waals surface area contributed by atoms with E-state index in [0.717, 1.165) is 30.5 Å². The van der Waals surface area contributed by atoms with Crippen molar-refractivity contribution in [1.82, 2.24) is 4.98 Å². The number of halogens is 3. The summed E-state index contributed by atoms with van der Waals surface area (Å²) in [5.41, 5.74) is 7.51. The number of alkyl halides is 3. The first-order valence-electron chi connectivity index (χ1n) is 5.39. The molecule has 7 heteroatoms. The number of hydrogen-bond acceptors (Lipinski definition) is 3. The second kappa shape index (κ2) is 4.72. The first kappa shape index (κ1) is 13.1. The highest BCUT2D eigenvalue weighted by molar-refractivity contribution is 7.80. The minimum absolute atomic E-state index is 0.00521. The second-order valence-electron chi connectivity index (χ2n) is 4.07. The molecule has 98 valence electrons. The van der Waals surface area contributed by atoms with E-state index < -0.39 is 12.8 Å². The van der Waals surface area contributed by atoms with E-state index >= 15 is 0 Å². The summed E-state index contributed by atoms with van der Waals surface area (Å²) in [7, 11) is 0. The van der Waals surface area contributed by atoms with E-state index in [0.29, 0.717) is 0 Å². The van der Waals surface area contributed by atoms with Gasteiger partial charge in [0.2, 0.25) is 5.88 Å². The maximum absolute atomic E-state index is 12.1. The fourth-order valence-corrected chi connectivity index (χ4v) is 2.04. The van der Waals surface area contributed by atoms with Gasteiger partial charge in [-0.15, -0.1) is 0 Å². The third-order valence-electron chi connectivity index (χ3n) is 2.65. The Bertz CT molecular complexity index is 488. The molecule has 1 aromatic heterocycles. The van der Waals surface area contributed by atoms with Gasteiger partial charge in [0.05, 0.1) is 5.56 Å². The van der Waals surface area contributed by atoms with Crippen molar-refractivity contribution in [2.75, 3.05) is 6.61 Å². The van der Waals surface area contributed by atoms with Crippen molar-refractivity contribution < 1.29 is 17.9 Å². The van der Waals surface area contributed by atoms with E-state index in [1.54, 1.807) is 6.07 Å². The third kappa shape index (κ3) is 2.90. The van der Waals surface area contributed by atoms with Gasteiger partial charge in [0, 0.05) is 5.69 Å². The fourth-order valence-electron chi connectivity index (χ4n) is 1.89. The SMILES string of the molecule is NC(=S)c1cc2c(nc1OCC(F)(F)F)CCC2. The molecule has 0 radical (unpaired) electrons. The standard InChI is InChI=1S/C11H11F3N2OS/c12-11(13,14)5-17-10-7(9(15)18)4-6-2-1-3-8(6)16-10/h4H,1-3,5H2,(H2,15,18). The average molecular weight is 276 g/mol. The summed E-state index contributed by atoms with van der Waals surface area (Å²) in [4.78, 5) is 4.08. The lowest BCUT2D eigenvalue weighted by Gasteiger charge is -2.13. The molecular weight excluding hydrogens is 265 g/mol. The van der Waals surface area contributed by atoms with Gasteiger partial charge in [0.1, 0.15) is 4.99 Å². The van der Waals surface area contributed by atoms with Crippen LogP contribution in [-0.4, -0.2) is 22.8 Å². The Morgan fingerprint density at radius 1 is 1.44 bits per heavy atom. The van der Waals surface area contributed by atoms with Crippen molar-refractivity contribution in [3.63, 3.8) is 0 Å². The number of hydrogen-bond donors (Lipinski definition) is 1. The second-order valence-corrected chi connectivity index (χ2v) is 4.51. The molecule has 18 heavy (non-hydrogen) atoms. The Morgan fingerprint density at radius 3 is 2.78 bits per heavy atom. The van der Waals surface area contributed by atoms with Crippen LogP contribution in [-0.2, 0) is 12.8 Å². The average Bonchev–Trinajstić information content (AvgIpc) is 2.70. The Hall–Kier alpha value is -1.37. The van der Waals surface area contributed by atoms with Gasteiger partial charge in [-0.1, -0.05) is 12.2 Å². The molecule has 0 saturated carbocycles. The molecule has 0 fully saturated rings.